The number of hydrogen-bond donors (Lipinski definition) is 1. The Kier molecular flexibility index (Phi) is 6.88. The summed E-state index contributed by atoms with van der Waals surface area (Å²) in [7, 11) is -3.66. The fraction of sp³-hybridized carbons (Fsp3) is 0.261. The molecule has 3 aromatic rings. The number of carbonyl (C=O) groups is 1. The van der Waals surface area contributed by atoms with E-state index in [0.717, 1.165) is 24.2 Å². The minimum absolute atomic E-state index is 0.0515. The molecule has 0 saturated carbocycles. The predicted molar refractivity (Wildman–Crippen MR) is 122 cm³/mol. The second-order valence-corrected chi connectivity index (χ2v) is 10.4. The smallest absolute Gasteiger partial charge is 0.271 e. The summed E-state index contributed by atoms with van der Waals surface area (Å²) in [5, 5.41) is 1.69. The zero-order chi connectivity index (χ0) is 22.6. The van der Waals surface area contributed by atoms with Crippen molar-refractivity contribution in [3.05, 3.63) is 83.0 Å². The molecule has 168 valence electrons. The van der Waals surface area contributed by atoms with Crippen LogP contribution in [0.25, 0.3) is 0 Å². The van der Waals surface area contributed by atoms with E-state index in [4.69, 9.17) is 4.74 Å². The van der Waals surface area contributed by atoms with E-state index in [0.29, 0.717) is 30.0 Å². The highest BCUT2D eigenvalue weighted by molar-refractivity contribution is 7.94. The molecule has 1 atom stereocenters. The molecule has 2 heterocycles. The van der Waals surface area contributed by atoms with Crippen molar-refractivity contribution in [1.82, 2.24) is 4.90 Å². The Bertz CT molecular complexity index is 1160. The number of thiophene rings is 1. The first-order chi connectivity index (χ1) is 15.4. The van der Waals surface area contributed by atoms with Crippen LogP contribution in [0, 0.1) is 5.82 Å². The number of carbonyl (C=O) groups excluding carboxylic acids is 1. The third-order valence-electron chi connectivity index (χ3n) is 5.14. The van der Waals surface area contributed by atoms with Crippen LogP contribution in [-0.4, -0.2) is 38.5 Å². The molecule has 0 aliphatic carbocycles. The molecule has 1 saturated heterocycles. The molecule has 32 heavy (non-hydrogen) atoms. The van der Waals surface area contributed by atoms with E-state index in [1.165, 1.54) is 18.2 Å². The van der Waals surface area contributed by atoms with Gasteiger partial charge >= 0.3 is 0 Å². The standard InChI is InChI=1S/C23H23FN2O4S2/c24-19-5-1-4-17(14-19)15-26(16-21-6-2-12-30-21)23(27)18-8-10-20(11-9-18)25-32(28,29)22-7-3-13-31-22/h1,3-5,7-11,13-14,21,25H,2,6,12,15-16H2. The van der Waals surface area contributed by atoms with Crippen molar-refractivity contribution in [1.29, 1.82) is 0 Å². The van der Waals surface area contributed by atoms with Crippen molar-refractivity contribution in [3.8, 4) is 0 Å². The van der Waals surface area contributed by atoms with Crippen LogP contribution < -0.4 is 4.72 Å². The minimum Gasteiger partial charge on any atom is -0.376 e. The van der Waals surface area contributed by atoms with Gasteiger partial charge in [0.25, 0.3) is 15.9 Å². The van der Waals surface area contributed by atoms with E-state index >= 15 is 0 Å². The van der Waals surface area contributed by atoms with Gasteiger partial charge in [-0.3, -0.25) is 9.52 Å². The molecule has 1 N–H and O–H groups in total. The second-order valence-electron chi connectivity index (χ2n) is 7.57. The lowest BCUT2D eigenvalue weighted by Crippen LogP contribution is -2.37. The lowest BCUT2D eigenvalue weighted by atomic mass is 10.1. The van der Waals surface area contributed by atoms with E-state index in [-0.39, 0.29) is 28.6 Å². The molecule has 0 radical (unpaired) electrons. The van der Waals surface area contributed by atoms with Crippen molar-refractivity contribution < 1.29 is 22.3 Å². The maximum Gasteiger partial charge on any atom is 0.271 e. The van der Waals surface area contributed by atoms with Gasteiger partial charge in [-0.25, -0.2) is 12.8 Å². The highest BCUT2D eigenvalue weighted by Crippen LogP contribution is 2.22. The largest absolute Gasteiger partial charge is 0.376 e. The molecule has 1 fully saturated rings. The molecule has 1 aliphatic rings. The van der Waals surface area contributed by atoms with Gasteiger partial charge in [0, 0.05) is 30.9 Å². The average Bonchev–Trinajstić information content (AvgIpc) is 3.48. The Morgan fingerprint density at radius 2 is 1.97 bits per heavy atom. The number of rotatable bonds is 8. The van der Waals surface area contributed by atoms with E-state index < -0.39 is 10.0 Å². The van der Waals surface area contributed by atoms with Crippen LogP contribution in [0.1, 0.15) is 28.8 Å². The Morgan fingerprint density at radius 1 is 1.16 bits per heavy atom. The number of halogens is 1. The molecular weight excluding hydrogens is 451 g/mol. The Hall–Kier alpha value is -2.75. The minimum atomic E-state index is -3.66. The number of anilines is 1. The summed E-state index contributed by atoms with van der Waals surface area (Å²) >= 11 is 1.13. The van der Waals surface area contributed by atoms with Gasteiger partial charge in [-0.2, -0.15) is 0 Å². The normalized spacial score (nSPS) is 16.1. The SMILES string of the molecule is O=C(c1ccc(NS(=O)(=O)c2cccs2)cc1)N(Cc1cccc(F)c1)CC1CCCO1. The van der Waals surface area contributed by atoms with Crippen LogP contribution in [-0.2, 0) is 21.3 Å². The van der Waals surface area contributed by atoms with Gasteiger partial charge in [-0.05, 0) is 66.2 Å². The first-order valence-corrected chi connectivity index (χ1v) is 12.6. The number of benzene rings is 2. The number of ether oxygens (including phenoxy) is 1. The maximum absolute atomic E-state index is 13.6. The highest BCUT2D eigenvalue weighted by atomic mass is 32.2. The monoisotopic (exact) mass is 474 g/mol. The van der Waals surface area contributed by atoms with Crippen LogP contribution >= 0.6 is 11.3 Å². The molecule has 2 aromatic carbocycles. The molecular formula is C23H23FN2O4S2. The van der Waals surface area contributed by atoms with E-state index in [2.05, 4.69) is 4.72 Å². The van der Waals surface area contributed by atoms with E-state index in [1.807, 2.05) is 0 Å². The highest BCUT2D eigenvalue weighted by Gasteiger charge is 2.24. The molecule has 6 nitrogen and oxygen atoms in total. The molecule has 1 unspecified atom stereocenters. The molecule has 1 aliphatic heterocycles. The lowest BCUT2D eigenvalue weighted by Gasteiger charge is -2.26. The van der Waals surface area contributed by atoms with Crippen LogP contribution in [0.15, 0.2) is 70.3 Å². The predicted octanol–water partition coefficient (Wildman–Crippen LogP) is 4.51. The molecule has 9 heteroatoms. The maximum atomic E-state index is 13.6. The van der Waals surface area contributed by atoms with Crippen molar-refractivity contribution in [2.45, 2.75) is 29.7 Å². The number of nitrogens with zero attached hydrogens (tertiary/aromatic N) is 1. The summed E-state index contributed by atoms with van der Waals surface area (Å²) < 4.78 is 46.9. The van der Waals surface area contributed by atoms with Gasteiger partial charge < -0.3 is 9.64 Å². The summed E-state index contributed by atoms with van der Waals surface area (Å²) in [5.74, 6) is -0.577. The van der Waals surface area contributed by atoms with Crippen LogP contribution in [0.5, 0.6) is 0 Å². The zero-order valence-electron chi connectivity index (χ0n) is 17.2. The zero-order valence-corrected chi connectivity index (χ0v) is 18.9. The molecule has 4 rings (SSSR count). The van der Waals surface area contributed by atoms with Crippen LogP contribution in [0.4, 0.5) is 10.1 Å². The third-order valence-corrected chi connectivity index (χ3v) is 7.92. The number of amides is 1. The molecule has 1 amide bonds. The summed E-state index contributed by atoms with van der Waals surface area (Å²) in [4.78, 5) is 14.9. The van der Waals surface area contributed by atoms with Crippen molar-refractivity contribution in [2.75, 3.05) is 17.9 Å². The van der Waals surface area contributed by atoms with E-state index in [9.17, 15) is 17.6 Å². The number of hydrogen-bond acceptors (Lipinski definition) is 5. The van der Waals surface area contributed by atoms with Crippen LogP contribution in [0.3, 0.4) is 0 Å². The van der Waals surface area contributed by atoms with E-state index in [1.54, 1.807) is 52.7 Å². The fourth-order valence-electron chi connectivity index (χ4n) is 3.59. The summed E-state index contributed by atoms with van der Waals surface area (Å²) in [6.07, 6.45) is 1.77. The lowest BCUT2D eigenvalue weighted by molar-refractivity contribution is 0.0507. The van der Waals surface area contributed by atoms with Crippen molar-refractivity contribution >= 4 is 33.0 Å². The molecule has 0 spiro atoms. The van der Waals surface area contributed by atoms with Gasteiger partial charge in [-0.1, -0.05) is 18.2 Å². The fourth-order valence-corrected chi connectivity index (χ4v) is 5.65. The van der Waals surface area contributed by atoms with Crippen molar-refractivity contribution in [2.24, 2.45) is 0 Å². The van der Waals surface area contributed by atoms with Gasteiger partial charge in [0.15, 0.2) is 0 Å². The third kappa shape index (κ3) is 5.53. The second kappa shape index (κ2) is 9.81. The molecule has 0 bridgehead atoms. The Balaban J connectivity index is 1.50. The Morgan fingerprint density at radius 3 is 2.62 bits per heavy atom. The quantitative estimate of drug-likeness (QED) is 0.521. The van der Waals surface area contributed by atoms with Gasteiger partial charge in [0.1, 0.15) is 10.0 Å². The summed E-state index contributed by atoms with van der Waals surface area (Å²) in [6, 6.07) is 15.7. The first-order valence-electron chi connectivity index (χ1n) is 10.2. The van der Waals surface area contributed by atoms with Gasteiger partial charge in [0.2, 0.25) is 0 Å². The van der Waals surface area contributed by atoms with Gasteiger partial charge in [0.05, 0.1) is 6.10 Å². The van der Waals surface area contributed by atoms with Gasteiger partial charge in [-0.15, -0.1) is 11.3 Å². The summed E-state index contributed by atoms with van der Waals surface area (Å²) in [5.41, 5.74) is 1.47. The Labute approximate surface area is 190 Å². The van der Waals surface area contributed by atoms with Crippen molar-refractivity contribution in [3.63, 3.8) is 0 Å². The topological polar surface area (TPSA) is 75.7 Å². The first kappa shape index (κ1) is 22.4. The number of nitrogens with one attached hydrogen (secondary N) is 1. The average molecular weight is 475 g/mol. The number of sulfonamides is 1. The summed E-state index contributed by atoms with van der Waals surface area (Å²) in [6.45, 7) is 1.33. The van der Waals surface area contributed by atoms with Crippen LogP contribution in [0.2, 0.25) is 0 Å². The molecule has 1 aromatic heterocycles.